The molecule has 0 aliphatic carbocycles. The highest BCUT2D eigenvalue weighted by molar-refractivity contribution is 5.87. The fraction of sp³-hybridized carbons (Fsp3) is 0.250. The summed E-state index contributed by atoms with van der Waals surface area (Å²) < 4.78 is 0. The first-order valence-corrected chi connectivity index (χ1v) is 4.25. The summed E-state index contributed by atoms with van der Waals surface area (Å²) in [6.45, 7) is 9.15. The molecule has 0 saturated heterocycles. The van der Waals surface area contributed by atoms with E-state index in [-0.39, 0.29) is 5.78 Å². The minimum Gasteiger partial charge on any atom is -0.295 e. The molecule has 0 aliphatic rings. The Morgan fingerprint density at radius 1 is 1.08 bits per heavy atom. The molecule has 0 atom stereocenters. The molecule has 70 valence electrons. The predicted molar refractivity (Wildman–Crippen MR) is 57.5 cm³/mol. The van der Waals surface area contributed by atoms with Crippen LogP contribution in [0, 0.1) is 0 Å². The van der Waals surface area contributed by atoms with Crippen molar-refractivity contribution in [3.8, 4) is 0 Å². The van der Waals surface area contributed by atoms with Crippen molar-refractivity contribution >= 4 is 5.78 Å². The maximum atomic E-state index is 10.6. The highest BCUT2D eigenvalue weighted by Crippen LogP contribution is 2.01. The lowest BCUT2D eigenvalue weighted by molar-refractivity contribution is -0.112. The topological polar surface area (TPSA) is 17.1 Å². The van der Waals surface area contributed by atoms with Gasteiger partial charge in [-0.15, -0.1) is 0 Å². The number of hydrogen-bond acceptors (Lipinski definition) is 1. The van der Waals surface area contributed by atoms with E-state index in [0.717, 1.165) is 11.1 Å². The Morgan fingerprint density at radius 2 is 1.62 bits per heavy atom. The van der Waals surface area contributed by atoms with Crippen LogP contribution in [0.2, 0.25) is 0 Å². The molecule has 0 saturated carbocycles. The number of rotatable bonds is 4. The second-order valence-corrected chi connectivity index (χ2v) is 2.91. The lowest BCUT2D eigenvalue weighted by Crippen LogP contribution is -1.80. The van der Waals surface area contributed by atoms with Gasteiger partial charge in [0, 0.05) is 0 Å². The van der Waals surface area contributed by atoms with Gasteiger partial charge < -0.3 is 0 Å². The van der Waals surface area contributed by atoms with Crippen LogP contribution in [0.15, 0.2) is 48.1 Å². The van der Waals surface area contributed by atoms with Gasteiger partial charge in [-0.05, 0) is 32.4 Å². The molecule has 0 aliphatic heterocycles. The van der Waals surface area contributed by atoms with Gasteiger partial charge in [0.25, 0.3) is 0 Å². The number of carbonyl (C=O) groups is 1. The molecular formula is C12H16O. The summed E-state index contributed by atoms with van der Waals surface area (Å²) in [6.07, 6.45) is 9.14. The van der Waals surface area contributed by atoms with Gasteiger partial charge in [0.05, 0.1) is 0 Å². The molecule has 0 spiro atoms. The predicted octanol–water partition coefficient (Wildman–Crippen LogP) is 3.21. The summed E-state index contributed by atoms with van der Waals surface area (Å²) >= 11 is 0. The van der Waals surface area contributed by atoms with Crippen LogP contribution in [0.3, 0.4) is 0 Å². The minimum absolute atomic E-state index is 0.0584. The van der Waals surface area contributed by atoms with E-state index in [2.05, 4.69) is 6.58 Å². The molecule has 1 nitrogen and oxygen atoms in total. The maximum absolute atomic E-state index is 10.6. The zero-order valence-electron chi connectivity index (χ0n) is 8.50. The van der Waals surface area contributed by atoms with Crippen molar-refractivity contribution in [3.05, 3.63) is 48.1 Å². The Bertz CT molecular complexity index is 251. The van der Waals surface area contributed by atoms with E-state index in [9.17, 15) is 4.79 Å². The maximum Gasteiger partial charge on any atom is 0.152 e. The lowest BCUT2D eigenvalue weighted by Gasteiger charge is -1.91. The average Bonchev–Trinajstić information content (AvgIpc) is 2.04. The smallest absolute Gasteiger partial charge is 0.152 e. The van der Waals surface area contributed by atoms with E-state index in [4.69, 9.17) is 0 Å². The molecule has 0 aromatic rings. The van der Waals surface area contributed by atoms with Crippen molar-refractivity contribution in [2.45, 2.75) is 20.8 Å². The Hall–Kier alpha value is -1.37. The van der Waals surface area contributed by atoms with Gasteiger partial charge >= 0.3 is 0 Å². The molecule has 0 aromatic heterocycles. The molecule has 0 amide bonds. The van der Waals surface area contributed by atoms with Crippen molar-refractivity contribution < 1.29 is 4.79 Å². The van der Waals surface area contributed by atoms with Crippen LogP contribution >= 0.6 is 0 Å². The molecule has 0 bridgehead atoms. The third kappa shape index (κ3) is 7.01. The summed E-state index contributed by atoms with van der Waals surface area (Å²) in [6, 6.07) is 0. The van der Waals surface area contributed by atoms with E-state index < -0.39 is 0 Å². The first-order chi connectivity index (χ1) is 6.06. The van der Waals surface area contributed by atoms with Crippen LogP contribution in [-0.4, -0.2) is 5.78 Å². The van der Waals surface area contributed by atoms with Gasteiger partial charge in [-0.25, -0.2) is 0 Å². The Kier molecular flexibility index (Phi) is 5.53. The largest absolute Gasteiger partial charge is 0.295 e. The van der Waals surface area contributed by atoms with E-state index in [0.29, 0.717) is 0 Å². The van der Waals surface area contributed by atoms with Crippen molar-refractivity contribution in [3.63, 3.8) is 0 Å². The van der Waals surface area contributed by atoms with Crippen molar-refractivity contribution in [1.82, 2.24) is 0 Å². The summed E-state index contributed by atoms with van der Waals surface area (Å²) in [4.78, 5) is 10.6. The number of ketones is 1. The van der Waals surface area contributed by atoms with E-state index in [1.54, 1.807) is 12.2 Å². The minimum atomic E-state index is 0.0584. The van der Waals surface area contributed by atoms with E-state index in [1.165, 1.54) is 6.92 Å². The highest BCUT2D eigenvalue weighted by atomic mass is 16.1. The summed E-state index contributed by atoms with van der Waals surface area (Å²) in [5, 5.41) is 0. The van der Waals surface area contributed by atoms with Crippen LogP contribution in [0.4, 0.5) is 0 Å². The lowest BCUT2D eigenvalue weighted by atomic mass is 10.2. The quantitative estimate of drug-likeness (QED) is 0.475. The SMILES string of the molecule is C=C(C)\C=C/C(/C=C/C(C)=O)=C\C. The molecule has 0 fully saturated rings. The number of carbonyl (C=O) groups excluding carboxylic acids is 1. The fourth-order valence-electron chi connectivity index (χ4n) is 0.700. The molecule has 0 unspecified atom stereocenters. The van der Waals surface area contributed by atoms with Gasteiger partial charge in [-0.1, -0.05) is 36.5 Å². The van der Waals surface area contributed by atoms with E-state index >= 15 is 0 Å². The summed E-state index contributed by atoms with van der Waals surface area (Å²) in [5.41, 5.74) is 2.01. The third-order valence-corrected chi connectivity index (χ3v) is 1.40. The Labute approximate surface area is 80.2 Å². The number of allylic oxidation sites excluding steroid dienone is 7. The van der Waals surface area contributed by atoms with Gasteiger partial charge in [0.15, 0.2) is 5.78 Å². The van der Waals surface area contributed by atoms with Crippen molar-refractivity contribution in [2.75, 3.05) is 0 Å². The molecule has 0 radical (unpaired) electrons. The second-order valence-electron chi connectivity index (χ2n) is 2.91. The van der Waals surface area contributed by atoms with Crippen LogP contribution in [0.25, 0.3) is 0 Å². The monoisotopic (exact) mass is 176 g/mol. The zero-order chi connectivity index (χ0) is 10.3. The molecular weight excluding hydrogens is 160 g/mol. The Balaban J connectivity index is 4.39. The first kappa shape index (κ1) is 11.6. The van der Waals surface area contributed by atoms with Crippen molar-refractivity contribution in [2.24, 2.45) is 0 Å². The molecule has 13 heavy (non-hydrogen) atoms. The summed E-state index contributed by atoms with van der Waals surface area (Å²) in [5.74, 6) is 0.0584. The highest BCUT2D eigenvalue weighted by Gasteiger charge is 1.85. The van der Waals surface area contributed by atoms with E-state index in [1.807, 2.05) is 32.1 Å². The van der Waals surface area contributed by atoms with Crippen LogP contribution in [0.5, 0.6) is 0 Å². The van der Waals surface area contributed by atoms with Crippen LogP contribution in [-0.2, 0) is 4.79 Å². The third-order valence-electron chi connectivity index (χ3n) is 1.40. The van der Waals surface area contributed by atoms with Gasteiger partial charge in [0.1, 0.15) is 0 Å². The molecule has 0 rings (SSSR count). The normalized spacial score (nSPS) is 12.7. The fourth-order valence-corrected chi connectivity index (χ4v) is 0.700. The van der Waals surface area contributed by atoms with Gasteiger partial charge in [-0.2, -0.15) is 0 Å². The van der Waals surface area contributed by atoms with Gasteiger partial charge in [-0.3, -0.25) is 4.79 Å². The number of hydrogen-bond donors (Lipinski definition) is 0. The molecule has 0 N–H and O–H groups in total. The van der Waals surface area contributed by atoms with Crippen LogP contribution in [0.1, 0.15) is 20.8 Å². The Morgan fingerprint density at radius 3 is 2.00 bits per heavy atom. The average molecular weight is 176 g/mol. The van der Waals surface area contributed by atoms with Crippen LogP contribution < -0.4 is 0 Å². The van der Waals surface area contributed by atoms with Gasteiger partial charge in [0.2, 0.25) is 0 Å². The molecule has 0 heterocycles. The standard InChI is InChI=1S/C12H16O/c1-5-12(8-6-10(2)3)9-7-11(4)13/h5-9H,2H2,1,3-4H3/b8-6-,9-7+,12-5+. The first-order valence-electron chi connectivity index (χ1n) is 4.25. The molecule has 0 aromatic carbocycles. The summed E-state index contributed by atoms with van der Waals surface area (Å²) in [7, 11) is 0. The van der Waals surface area contributed by atoms with Crippen molar-refractivity contribution in [1.29, 1.82) is 0 Å². The molecule has 1 heteroatoms. The second kappa shape index (κ2) is 6.18. The zero-order valence-corrected chi connectivity index (χ0v) is 8.50.